The number of ketones is 1. The molecule has 1 aromatic heterocycles. The minimum atomic E-state index is -0.854. The van der Waals surface area contributed by atoms with Crippen LogP contribution in [0.4, 0.5) is 5.69 Å². The Bertz CT molecular complexity index is 1280. The van der Waals surface area contributed by atoms with Crippen LogP contribution in [0.25, 0.3) is 5.76 Å². The molecule has 174 valence electrons. The normalized spacial score (nSPS) is 17.2. The van der Waals surface area contributed by atoms with Gasteiger partial charge in [-0.2, -0.15) is 0 Å². The third-order valence-electron chi connectivity index (χ3n) is 5.85. The van der Waals surface area contributed by atoms with Gasteiger partial charge in [0.15, 0.2) is 0 Å². The Hall–Kier alpha value is -4.13. The molecule has 0 saturated carbocycles. The SMILES string of the molecule is CCOc1cccc(N2C(=O)C(=O)/C(=C(/O)c3cc(C)c(OC)cc3C)C2c2cccnc2)c1. The third kappa shape index (κ3) is 4.01. The Morgan fingerprint density at radius 1 is 1.09 bits per heavy atom. The maximum Gasteiger partial charge on any atom is 0.300 e. The maximum absolute atomic E-state index is 13.3. The lowest BCUT2D eigenvalue weighted by Crippen LogP contribution is -2.29. The zero-order chi connectivity index (χ0) is 24.4. The van der Waals surface area contributed by atoms with Crippen molar-refractivity contribution < 1.29 is 24.2 Å². The van der Waals surface area contributed by atoms with Crippen LogP contribution in [0.5, 0.6) is 11.5 Å². The number of nitrogens with zero attached hydrogens (tertiary/aromatic N) is 2. The van der Waals surface area contributed by atoms with Gasteiger partial charge in [-0.25, -0.2) is 0 Å². The molecule has 7 nitrogen and oxygen atoms in total. The number of amides is 1. The number of rotatable bonds is 6. The summed E-state index contributed by atoms with van der Waals surface area (Å²) < 4.78 is 11.0. The maximum atomic E-state index is 13.3. The van der Waals surface area contributed by atoms with E-state index in [1.165, 1.54) is 4.90 Å². The summed E-state index contributed by atoms with van der Waals surface area (Å²) in [7, 11) is 1.58. The number of anilines is 1. The molecule has 34 heavy (non-hydrogen) atoms. The van der Waals surface area contributed by atoms with Gasteiger partial charge in [-0.3, -0.25) is 19.5 Å². The van der Waals surface area contributed by atoms with E-state index in [-0.39, 0.29) is 11.3 Å². The highest BCUT2D eigenvalue weighted by Gasteiger charge is 2.47. The van der Waals surface area contributed by atoms with Crippen molar-refractivity contribution in [3.8, 4) is 11.5 Å². The van der Waals surface area contributed by atoms with Gasteiger partial charge in [-0.05, 0) is 67.8 Å². The Labute approximate surface area is 198 Å². The van der Waals surface area contributed by atoms with Gasteiger partial charge in [0.1, 0.15) is 17.3 Å². The number of pyridine rings is 1. The second-order valence-corrected chi connectivity index (χ2v) is 8.02. The fourth-order valence-corrected chi connectivity index (χ4v) is 4.25. The number of benzene rings is 2. The molecule has 1 unspecified atom stereocenters. The van der Waals surface area contributed by atoms with Crippen LogP contribution in [0.1, 0.15) is 35.2 Å². The van der Waals surface area contributed by atoms with Crippen molar-refractivity contribution in [2.24, 2.45) is 0 Å². The molecule has 2 aromatic carbocycles. The molecule has 7 heteroatoms. The highest BCUT2D eigenvalue weighted by atomic mass is 16.5. The fraction of sp³-hybridized carbons (Fsp3) is 0.222. The van der Waals surface area contributed by atoms with Crippen LogP contribution >= 0.6 is 0 Å². The zero-order valence-electron chi connectivity index (χ0n) is 19.5. The van der Waals surface area contributed by atoms with Crippen LogP contribution in [-0.2, 0) is 9.59 Å². The van der Waals surface area contributed by atoms with E-state index in [4.69, 9.17) is 9.47 Å². The molecule has 1 atom stereocenters. The Morgan fingerprint density at radius 2 is 1.88 bits per heavy atom. The first-order valence-electron chi connectivity index (χ1n) is 11.0. The van der Waals surface area contributed by atoms with Crippen LogP contribution in [0.2, 0.25) is 0 Å². The summed E-state index contributed by atoms with van der Waals surface area (Å²) in [5, 5.41) is 11.4. The molecule has 0 aliphatic carbocycles. The predicted molar refractivity (Wildman–Crippen MR) is 129 cm³/mol. The molecule has 2 heterocycles. The second-order valence-electron chi connectivity index (χ2n) is 8.02. The summed E-state index contributed by atoms with van der Waals surface area (Å²) in [6.07, 6.45) is 3.21. The van der Waals surface area contributed by atoms with Gasteiger partial charge in [0, 0.05) is 29.7 Å². The van der Waals surface area contributed by atoms with E-state index in [9.17, 15) is 14.7 Å². The molecule has 4 rings (SSSR count). The third-order valence-corrected chi connectivity index (χ3v) is 5.85. The van der Waals surface area contributed by atoms with E-state index in [0.29, 0.717) is 34.9 Å². The van der Waals surface area contributed by atoms with Crippen molar-refractivity contribution in [3.05, 3.63) is 88.8 Å². The van der Waals surface area contributed by atoms with Crippen molar-refractivity contribution >= 4 is 23.1 Å². The van der Waals surface area contributed by atoms with Crippen LogP contribution in [0.15, 0.2) is 66.5 Å². The largest absolute Gasteiger partial charge is 0.507 e. The van der Waals surface area contributed by atoms with Gasteiger partial charge in [-0.1, -0.05) is 12.1 Å². The van der Waals surface area contributed by atoms with Crippen molar-refractivity contribution in [2.75, 3.05) is 18.6 Å². The van der Waals surface area contributed by atoms with E-state index < -0.39 is 17.7 Å². The molecule has 1 amide bonds. The summed E-state index contributed by atoms with van der Waals surface area (Å²) >= 11 is 0. The first-order chi connectivity index (χ1) is 16.4. The standard InChI is InChI=1S/C27H26N2O5/c1-5-34-20-10-6-9-19(14-20)29-24(18-8-7-11-28-15-18)23(26(31)27(29)32)25(30)21-12-17(3)22(33-4)13-16(21)2/h6-15,24,30H,5H2,1-4H3/b25-23+. The number of Topliss-reactive ketones (excluding diaryl/α,β-unsaturated/α-hetero) is 1. The highest BCUT2D eigenvalue weighted by Crippen LogP contribution is 2.43. The topological polar surface area (TPSA) is 89.0 Å². The summed E-state index contributed by atoms with van der Waals surface area (Å²) in [5.74, 6) is -0.480. The second kappa shape index (κ2) is 9.39. The van der Waals surface area contributed by atoms with E-state index >= 15 is 0 Å². The molecule has 0 bridgehead atoms. The summed E-state index contributed by atoms with van der Waals surface area (Å²) in [6, 6.07) is 13.2. The van der Waals surface area contributed by atoms with Gasteiger partial charge in [-0.15, -0.1) is 0 Å². The Balaban J connectivity index is 1.94. The van der Waals surface area contributed by atoms with Crippen LogP contribution in [-0.4, -0.2) is 35.5 Å². The molecule has 1 fully saturated rings. The number of aryl methyl sites for hydroxylation is 2. The average molecular weight is 459 g/mol. The lowest BCUT2D eigenvalue weighted by Gasteiger charge is -2.25. The molecular weight excluding hydrogens is 432 g/mol. The molecule has 1 aliphatic heterocycles. The summed E-state index contributed by atoms with van der Waals surface area (Å²) in [5.41, 5.74) is 3.08. The first kappa shape index (κ1) is 23.0. The van der Waals surface area contributed by atoms with Crippen molar-refractivity contribution in [1.82, 2.24) is 4.98 Å². The molecule has 0 spiro atoms. The first-order valence-corrected chi connectivity index (χ1v) is 11.0. The number of aliphatic hydroxyl groups excluding tert-OH is 1. The molecule has 1 N–H and O–H groups in total. The summed E-state index contributed by atoms with van der Waals surface area (Å²) in [6.45, 7) is 6.00. The van der Waals surface area contributed by atoms with E-state index in [1.807, 2.05) is 20.8 Å². The minimum Gasteiger partial charge on any atom is -0.507 e. The predicted octanol–water partition coefficient (Wildman–Crippen LogP) is 4.73. The van der Waals surface area contributed by atoms with Crippen molar-refractivity contribution in [1.29, 1.82) is 0 Å². The highest BCUT2D eigenvalue weighted by molar-refractivity contribution is 6.51. The number of hydrogen-bond donors (Lipinski definition) is 1. The Kier molecular flexibility index (Phi) is 6.36. The number of aromatic nitrogens is 1. The molecule has 1 aliphatic rings. The number of ether oxygens (including phenoxy) is 2. The van der Waals surface area contributed by atoms with Crippen LogP contribution < -0.4 is 14.4 Å². The zero-order valence-corrected chi connectivity index (χ0v) is 19.5. The van der Waals surface area contributed by atoms with E-state index in [2.05, 4.69) is 4.98 Å². The minimum absolute atomic E-state index is 0.00693. The monoisotopic (exact) mass is 458 g/mol. The van der Waals surface area contributed by atoms with E-state index in [1.54, 1.807) is 68.0 Å². The smallest absolute Gasteiger partial charge is 0.300 e. The molecule has 1 saturated heterocycles. The van der Waals surface area contributed by atoms with Crippen molar-refractivity contribution in [2.45, 2.75) is 26.8 Å². The van der Waals surface area contributed by atoms with Gasteiger partial charge in [0.25, 0.3) is 11.7 Å². The summed E-state index contributed by atoms with van der Waals surface area (Å²) in [4.78, 5) is 32.2. The molecule has 3 aromatic rings. The average Bonchev–Trinajstić information content (AvgIpc) is 3.11. The fourth-order valence-electron chi connectivity index (χ4n) is 4.25. The van der Waals surface area contributed by atoms with E-state index in [0.717, 1.165) is 11.1 Å². The van der Waals surface area contributed by atoms with Crippen molar-refractivity contribution in [3.63, 3.8) is 0 Å². The molecular formula is C27H26N2O5. The lowest BCUT2D eigenvalue weighted by molar-refractivity contribution is -0.132. The van der Waals surface area contributed by atoms with Gasteiger partial charge in [0.2, 0.25) is 0 Å². The van der Waals surface area contributed by atoms with Gasteiger partial charge >= 0.3 is 0 Å². The van der Waals surface area contributed by atoms with Crippen LogP contribution in [0.3, 0.4) is 0 Å². The van der Waals surface area contributed by atoms with Gasteiger partial charge < -0.3 is 14.6 Å². The number of aliphatic hydroxyl groups is 1. The molecule has 0 radical (unpaired) electrons. The number of carbonyl (C=O) groups excluding carboxylic acids is 2. The number of carbonyl (C=O) groups is 2. The Morgan fingerprint density at radius 3 is 2.56 bits per heavy atom. The number of methoxy groups -OCH3 is 1. The van der Waals surface area contributed by atoms with Crippen LogP contribution in [0, 0.1) is 13.8 Å². The quantitative estimate of drug-likeness (QED) is 0.326. The van der Waals surface area contributed by atoms with Gasteiger partial charge in [0.05, 0.1) is 25.3 Å². The lowest BCUT2D eigenvalue weighted by atomic mass is 9.93. The number of hydrogen-bond acceptors (Lipinski definition) is 6.